The van der Waals surface area contributed by atoms with Crippen LogP contribution in [-0.2, 0) is 6.61 Å². The van der Waals surface area contributed by atoms with Gasteiger partial charge in [0.15, 0.2) is 5.82 Å². The Balaban J connectivity index is 2.21. The lowest BCUT2D eigenvalue weighted by Gasteiger charge is -2.12. The number of carbonyl (C=O) groups is 1. The minimum atomic E-state index is -1.37. The van der Waals surface area contributed by atoms with E-state index in [1.54, 1.807) is 4.68 Å². The molecule has 1 heterocycles. The summed E-state index contributed by atoms with van der Waals surface area (Å²) < 4.78 is 20.5. The van der Waals surface area contributed by atoms with Gasteiger partial charge in [-0.05, 0) is 26.0 Å². The molecule has 0 unspecified atom stereocenters. The molecule has 2 rings (SSSR count). The predicted octanol–water partition coefficient (Wildman–Crippen LogP) is 2.28. The van der Waals surface area contributed by atoms with Crippen LogP contribution in [0.2, 0.25) is 0 Å². The molecule has 0 radical (unpaired) electrons. The molecule has 106 valence electrons. The molecule has 2 aromatic rings. The van der Waals surface area contributed by atoms with Gasteiger partial charge in [-0.1, -0.05) is 6.07 Å². The van der Waals surface area contributed by atoms with Crippen molar-refractivity contribution in [1.82, 2.24) is 14.8 Å². The Bertz CT molecular complexity index is 625. The molecule has 0 aliphatic carbocycles. The van der Waals surface area contributed by atoms with Crippen molar-refractivity contribution in [2.45, 2.75) is 26.5 Å². The Morgan fingerprint density at radius 3 is 2.90 bits per heavy atom. The number of aromatic nitrogens is 3. The lowest BCUT2D eigenvalue weighted by atomic mass is 10.2. The first kappa shape index (κ1) is 14.0. The fourth-order valence-electron chi connectivity index (χ4n) is 1.78. The molecule has 0 aliphatic heterocycles. The Morgan fingerprint density at radius 1 is 1.50 bits per heavy atom. The number of ether oxygens (including phenoxy) is 1. The molecular formula is C13H14FN3O3. The minimum absolute atomic E-state index is 0.0158. The zero-order valence-electron chi connectivity index (χ0n) is 11.1. The average Bonchev–Trinajstić information content (AvgIpc) is 2.84. The molecular weight excluding hydrogens is 265 g/mol. The molecule has 1 aromatic carbocycles. The standard InChI is InChI=1S/C13H14FN3O3/c1-8(2)17-11(15-7-16-17)6-20-10-5-3-4-9(14)12(10)13(18)19/h3-5,7-8H,6H2,1-2H3,(H,18,19). The van der Waals surface area contributed by atoms with E-state index in [0.29, 0.717) is 5.82 Å². The molecule has 0 saturated carbocycles. The first-order valence-electron chi connectivity index (χ1n) is 6.03. The normalized spacial score (nSPS) is 10.8. The van der Waals surface area contributed by atoms with Crippen molar-refractivity contribution in [2.75, 3.05) is 0 Å². The molecule has 0 fully saturated rings. The summed E-state index contributed by atoms with van der Waals surface area (Å²) >= 11 is 0. The highest BCUT2D eigenvalue weighted by atomic mass is 19.1. The van der Waals surface area contributed by atoms with E-state index in [1.165, 1.54) is 18.5 Å². The van der Waals surface area contributed by atoms with Crippen LogP contribution in [0, 0.1) is 5.82 Å². The number of carboxylic acid groups (broad SMARTS) is 1. The summed E-state index contributed by atoms with van der Waals surface area (Å²) in [6, 6.07) is 3.97. The average molecular weight is 279 g/mol. The van der Waals surface area contributed by atoms with Gasteiger partial charge in [0, 0.05) is 6.04 Å². The van der Waals surface area contributed by atoms with Crippen molar-refractivity contribution < 1.29 is 19.0 Å². The summed E-state index contributed by atoms with van der Waals surface area (Å²) in [5.41, 5.74) is -0.483. The second-order valence-corrected chi connectivity index (χ2v) is 4.42. The Hall–Kier alpha value is -2.44. The Labute approximate surface area is 114 Å². The maximum absolute atomic E-state index is 13.5. The van der Waals surface area contributed by atoms with Crippen molar-refractivity contribution in [1.29, 1.82) is 0 Å². The number of hydrogen-bond donors (Lipinski definition) is 1. The topological polar surface area (TPSA) is 77.2 Å². The van der Waals surface area contributed by atoms with E-state index in [4.69, 9.17) is 9.84 Å². The zero-order chi connectivity index (χ0) is 14.7. The highest BCUT2D eigenvalue weighted by Gasteiger charge is 2.17. The Morgan fingerprint density at radius 2 is 2.25 bits per heavy atom. The highest BCUT2D eigenvalue weighted by Crippen LogP contribution is 2.22. The van der Waals surface area contributed by atoms with Gasteiger partial charge in [0.25, 0.3) is 0 Å². The van der Waals surface area contributed by atoms with Gasteiger partial charge >= 0.3 is 5.97 Å². The summed E-state index contributed by atoms with van der Waals surface area (Å²) in [4.78, 5) is 15.1. The number of rotatable bonds is 5. The van der Waals surface area contributed by atoms with Crippen molar-refractivity contribution in [3.05, 3.63) is 41.7 Å². The van der Waals surface area contributed by atoms with Crippen LogP contribution in [-0.4, -0.2) is 25.8 Å². The van der Waals surface area contributed by atoms with E-state index in [9.17, 15) is 9.18 Å². The van der Waals surface area contributed by atoms with E-state index < -0.39 is 17.3 Å². The van der Waals surface area contributed by atoms with Crippen LogP contribution in [0.3, 0.4) is 0 Å². The zero-order valence-corrected chi connectivity index (χ0v) is 11.1. The maximum Gasteiger partial charge on any atom is 0.342 e. The summed E-state index contributed by atoms with van der Waals surface area (Å²) in [5, 5.41) is 13.0. The van der Waals surface area contributed by atoms with Crippen molar-refractivity contribution in [3.8, 4) is 5.75 Å². The summed E-state index contributed by atoms with van der Waals surface area (Å²) in [6.07, 6.45) is 1.39. The summed E-state index contributed by atoms with van der Waals surface area (Å²) in [7, 11) is 0. The molecule has 0 saturated heterocycles. The number of benzene rings is 1. The van der Waals surface area contributed by atoms with Crippen molar-refractivity contribution in [3.63, 3.8) is 0 Å². The SMILES string of the molecule is CC(C)n1ncnc1COc1cccc(F)c1C(=O)O. The predicted molar refractivity (Wildman–Crippen MR) is 68.1 cm³/mol. The Kier molecular flexibility index (Phi) is 3.97. The van der Waals surface area contributed by atoms with E-state index in [0.717, 1.165) is 6.07 Å². The van der Waals surface area contributed by atoms with Crippen LogP contribution in [0.4, 0.5) is 4.39 Å². The molecule has 0 spiro atoms. The molecule has 0 atom stereocenters. The molecule has 6 nitrogen and oxygen atoms in total. The van der Waals surface area contributed by atoms with E-state index in [1.807, 2.05) is 13.8 Å². The van der Waals surface area contributed by atoms with Crippen LogP contribution in [0.5, 0.6) is 5.75 Å². The smallest absolute Gasteiger partial charge is 0.342 e. The molecule has 1 N–H and O–H groups in total. The van der Waals surface area contributed by atoms with Crippen LogP contribution >= 0.6 is 0 Å². The minimum Gasteiger partial charge on any atom is -0.485 e. The monoisotopic (exact) mass is 279 g/mol. The third kappa shape index (κ3) is 2.76. The highest BCUT2D eigenvalue weighted by molar-refractivity contribution is 5.91. The quantitative estimate of drug-likeness (QED) is 0.908. The number of nitrogens with zero attached hydrogens (tertiary/aromatic N) is 3. The summed E-state index contributed by atoms with van der Waals surface area (Å²) in [6.45, 7) is 3.88. The number of aromatic carboxylic acids is 1. The molecule has 1 aromatic heterocycles. The van der Waals surface area contributed by atoms with Gasteiger partial charge in [0.05, 0.1) is 0 Å². The third-order valence-electron chi connectivity index (χ3n) is 2.68. The van der Waals surface area contributed by atoms with Gasteiger partial charge in [-0.3, -0.25) is 0 Å². The van der Waals surface area contributed by atoms with Gasteiger partial charge in [0.1, 0.15) is 30.1 Å². The fourth-order valence-corrected chi connectivity index (χ4v) is 1.78. The second-order valence-electron chi connectivity index (χ2n) is 4.42. The lowest BCUT2D eigenvalue weighted by Crippen LogP contribution is -2.12. The fraction of sp³-hybridized carbons (Fsp3) is 0.308. The number of carboxylic acids is 1. The van der Waals surface area contributed by atoms with E-state index in [-0.39, 0.29) is 18.4 Å². The molecule has 0 aliphatic rings. The molecule has 7 heteroatoms. The molecule has 0 amide bonds. The van der Waals surface area contributed by atoms with Gasteiger partial charge < -0.3 is 9.84 Å². The number of hydrogen-bond acceptors (Lipinski definition) is 4. The van der Waals surface area contributed by atoms with Gasteiger partial charge in [-0.25, -0.2) is 18.9 Å². The van der Waals surface area contributed by atoms with Crippen LogP contribution in [0.25, 0.3) is 0 Å². The number of halogens is 1. The van der Waals surface area contributed by atoms with Crippen molar-refractivity contribution in [2.24, 2.45) is 0 Å². The van der Waals surface area contributed by atoms with Crippen LogP contribution in [0.15, 0.2) is 24.5 Å². The van der Waals surface area contributed by atoms with Gasteiger partial charge in [-0.15, -0.1) is 0 Å². The first-order valence-corrected chi connectivity index (χ1v) is 6.03. The summed E-state index contributed by atoms with van der Waals surface area (Å²) in [5.74, 6) is -1.69. The first-order chi connectivity index (χ1) is 9.50. The van der Waals surface area contributed by atoms with Gasteiger partial charge in [-0.2, -0.15) is 5.10 Å². The van der Waals surface area contributed by atoms with E-state index in [2.05, 4.69) is 10.1 Å². The van der Waals surface area contributed by atoms with E-state index >= 15 is 0 Å². The maximum atomic E-state index is 13.5. The van der Waals surface area contributed by atoms with Gasteiger partial charge in [0.2, 0.25) is 0 Å². The second kappa shape index (κ2) is 5.68. The lowest BCUT2D eigenvalue weighted by molar-refractivity contribution is 0.0686. The van der Waals surface area contributed by atoms with Crippen molar-refractivity contribution >= 4 is 5.97 Å². The molecule has 0 bridgehead atoms. The molecule has 20 heavy (non-hydrogen) atoms. The largest absolute Gasteiger partial charge is 0.485 e. The van der Waals surface area contributed by atoms with Crippen LogP contribution in [0.1, 0.15) is 36.1 Å². The third-order valence-corrected chi connectivity index (χ3v) is 2.68. The van der Waals surface area contributed by atoms with Crippen LogP contribution < -0.4 is 4.74 Å².